The van der Waals surface area contributed by atoms with E-state index in [9.17, 15) is 0 Å². The third-order valence-electron chi connectivity index (χ3n) is 5.37. The molecule has 0 saturated heterocycles. The van der Waals surface area contributed by atoms with Crippen molar-refractivity contribution in [3.63, 3.8) is 0 Å². The van der Waals surface area contributed by atoms with Gasteiger partial charge in [-0.3, -0.25) is 0 Å². The lowest BCUT2D eigenvalue weighted by atomic mass is 9.85. The molecule has 1 nitrogen and oxygen atoms in total. The second-order valence-electron chi connectivity index (χ2n) is 10.3. The van der Waals surface area contributed by atoms with Crippen LogP contribution < -0.4 is 4.57 Å². The number of rotatable bonds is 3. The Hall–Kier alpha value is -2.41. The van der Waals surface area contributed by atoms with Crippen molar-refractivity contribution < 1.29 is 11.4 Å². The van der Waals surface area contributed by atoms with Crippen molar-refractivity contribution in [2.24, 2.45) is 12.5 Å². The van der Waals surface area contributed by atoms with Crippen molar-refractivity contribution >= 4 is 0 Å². The molecule has 0 amide bonds. The highest BCUT2D eigenvalue weighted by Crippen LogP contribution is 2.33. The van der Waals surface area contributed by atoms with E-state index in [4.69, 9.17) is 6.85 Å². The summed E-state index contributed by atoms with van der Waals surface area (Å²) >= 11 is 0. The molecule has 0 saturated carbocycles. The van der Waals surface area contributed by atoms with Gasteiger partial charge in [0.05, 0.1) is 0 Å². The zero-order chi connectivity index (χ0) is 26.6. The first kappa shape index (κ1) is 16.3. The summed E-state index contributed by atoms with van der Waals surface area (Å²) in [5.41, 5.74) is 5.65. The summed E-state index contributed by atoms with van der Waals surface area (Å²) in [6, 6.07) is 15.6. The Kier molecular flexibility index (Phi) is 4.36. The fourth-order valence-corrected chi connectivity index (χ4v) is 3.72. The first-order valence-corrected chi connectivity index (χ1v) is 10.6. The number of hydrogen-bond acceptors (Lipinski definition) is 0. The third kappa shape index (κ3) is 5.01. The molecule has 3 aromatic rings. The lowest BCUT2D eigenvalue weighted by molar-refractivity contribution is -0.660. The average molecular weight is 406 g/mol. The number of nitrogens with zero attached hydrogens (tertiary/aromatic N) is 1. The van der Waals surface area contributed by atoms with Crippen LogP contribution >= 0.6 is 0 Å². The van der Waals surface area contributed by atoms with Crippen LogP contribution in [-0.4, -0.2) is 0 Å². The minimum Gasteiger partial charge on any atom is -0.201 e. The smallest absolute Gasteiger partial charge is 0.201 e. The highest BCUT2D eigenvalue weighted by atomic mass is 14.9. The average Bonchev–Trinajstić information content (AvgIpc) is 2.72. The molecule has 158 valence electrons. The minimum absolute atomic E-state index is 0.00405. The van der Waals surface area contributed by atoms with Gasteiger partial charge in [0.2, 0.25) is 5.69 Å². The van der Waals surface area contributed by atoms with Gasteiger partial charge in [-0.05, 0) is 70.4 Å². The van der Waals surface area contributed by atoms with Crippen molar-refractivity contribution in [3.8, 4) is 22.4 Å². The van der Waals surface area contributed by atoms with Crippen molar-refractivity contribution in [1.29, 1.82) is 0 Å². The molecule has 30 heavy (non-hydrogen) atoms. The van der Waals surface area contributed by atoms with Crippen molar-refractivity contribution in [3.05, 3.63) is 77.0 Å². The van der Waals surface area contributed by atoms with Gasteiger partial charge in [-0.15, -0.1) is 0 Å². The third-order valence-corrected chi connectivity index (χ3v) is 5.37. The molecule has 0 atom stereocenters. The van der Waals surface area contributed by atoms with Crippen LogP contribution in [0.1, 0.15) is 70.7 Å². The van der Waals surface area contributed by atoms with Crippen LogP contribution in [0.2, 0.25) is 0 Å². The van der Waals surface area contributed by atoms with Crippen LogP contribution in [0.3, 0.4) is 0 Å². The molecule has 0 aliphatic carbocycles. The maximum absolute atomic E-state index is 8.75. The molecule has 1 heterocycles. The summed E-state index contributed by atoms with van der Waals surface area (Å²) < 4.78 is 44.0. The molecule has 0 bridgehead atoms. The molecule has 0 spiro atoms. The number of pyridine rings is 1. The molecule has 1 aromatic heterocycles. The molecule has 0 aliphatic rings. The topological polar surface area (TPSA) is 3.88 Å². The van der Waals surface area contributed by atoms with Gasteiger partial charge in [0.15, 0.2) is 6.20 Å². The van der Waals surface area contributed by atoms with E-state index >= 15 is 0 Å². The number of aryl methyl sites for hydroxylation is 3. The Morgan fingerprint density at radius 2 is 1.53 bits per heavy atom. The largest absolute Gasteiger partial charge is 0.212 e. The summed E-state index contributed by atoms with van der Waals surface area (Å²) in [5, 5.41) is 0. The second kappa shape index (κ2) is 8.02. The van der Waals surface area contributed by atoms with E-state index in [-0.39, 0.29) is 5.41 Å². The van der Waals surface area contributed by atoms with E-state index in [1.165, 1.54) is 5.56 Å². The molecule has 2 aromatic carbocycles. The van der Waals surface area contributed by atoms with Crippen LogP contribution in [-0.2, 0) is 18.8 Å². The van der Waals surface area contributed by atoms with Crippen LogP contribution in [0.5, 0.6) is 0 Å². The van der Waals surface area contributed by atoms with Crippen molar-refractivity contribution in [1.82, 2.24) is 0 Å². The maximum Gasteiger partial charge on any atom is 0.212 e. The van der Waals surface area contributed by atoms with E-state index in [0.29, 0.717) is 16.7 Å². The monoisotopic (exact) mass is 405 g/mol. The normalized spacial score (nSPS) is 15.7. The Morgan fingerprint density at radius 1 is 0.867 bits per heavy atom. The Morgan fingerprint density at radius 3 is 2.10 bits per heavy atom. The van der Waals surface area contributed by atoms with Crippen LogP contribution in [0, 0.1) is 19.2 Å². The zero-order valence-electron chi connectivity index (χ0n) is 24.6. The standard InChI is InChI=1S/C29H38N/c1-20-16-21(2)26(27-17-22(14-15-30(27)9)19-28(3,4)5)18-25(20)23-10-12-24(13-11-23)29(6,7)8/h10-18H,19H2,1-9H3/q+1/i1D3,19D2. The summed E-state index contributed by atoms with van der Waals surface area (Å²) in [5.74, 6) is 0. The van der Waals surface area contributed by atoms with Gasteiger partial charge < -0.3 is 0 Å². The van der Waals surface area contributed by atoms with Gasteiger partial charge in [0.1, 0.15) is 7.05 Å². The predicted octanol–water partition coefficient (Wildman–Crippen LogP) is 7.35. The summed E-state index contributed by atoms with van der Waals surface area (Å²) in [4.78, 5) is 0. The Labute approximate surface area is 190 Å². The maximum atomic E-state index is 8.75. The van der Waals surface area contributed by atoms with Gasteiger partial charge in [-0.25, -0.2) is 4.57 Å². The van der Waals surface area contributed by atoms with Crippen molar-refractivity contribution in [2.75, 3.05) is 0 Å². The minimum atomic E-state index is -2.25. The molecule has 1 heteroatoms. The SMILES string of the molecule is [2H]C([2H])([2H])c1cc(C)c(-c2cc(C([2H])([2H])C(C)(C)C)cc[n+]2C)cc1-c1ccc(C(C)(C)C)cc1. The zero-order valence-corrected chi connectivity index (χ0v) is 19.6. The van der Waals surface area contributed by atoms with E-state index in [0.717, 1.165) is 22.4 Å². The highest BCUT2D eigenvalue weighted by molar-refractivity contribution is 5.76. The second-order valence-corrected chi connectivity index (χ2v) is 10.3. The van der Waals surface area contributed by atoms with Gasteiger partial charge >= 0.3 is 0 Å². The van der Waals surface area contributed by atoms with Crippen molar-refractivity contribution in [2.45, 2.75) is 67.1 Å². The van der Waals surface area contributed by atoms with Crippen LogP contribution in [0.4, 0.5) is 0 Å². The molecule has 0 radical (unpaired) electrons. The van der Waals surface area contributed by atoms with Gasteiger partial charge in [0, 0.05) is 24.5 Å². The van der Waals surface area contributed by atoms with E-state index in [1.807, 2.05) is 75.8 Å². The number of aromatic nitrogens is 1. The quantitative estimate of drug-likeness (QED) is 0.401. The van der Waals surface area contributed by atoms with E-state index < -0.39 is 18.6 Å². The highest BCUT2D eigenvalue weighted by Gasteiger charge is 2.19. The molecular weight excluding hydrogens is 362 g/mol. The fraction of sp³-hybridized carbons (Fsp3) is 0.414. The first-order valence-electron chi connectivity index (χ1n) is 13.1. The van der Waals surface area contributed by atoms with Gasteiger partial charge in [0.25, 0.3) is 0 Å². The van der Waals surface area contributed by atoms with Gasteiger partial charge in [-0.1, -0.05) is 71.9 Å². The molecule has 0 unspecified atom stereocenters. The molecule has 0 N–H and O–H groups in total. The lowest BCUT2D eigenvalue weighted by Gasteiger charge is -2.20. The fourth-order valence-electron chi connectivity index (χ4n) is 3.72. The summed E-state index contributed by atoms with van der Waals surface area (Å²) in [7, 11) is 1.93. The molecular formula is C29H38N+. The Bertz CT molecular complexity index is 1220. The number of hydrogen-bond donors (Lipinski definition) is 0. The van der Waals surface area contributed by atoms with E-state index in [1.54, 1.807) is 6.07 Å². The first-order chi connectivity index (χ1) is 15.8. The number of benzene rings is 2. The van der Waals surface area contributed by atoms with Gasteiger partial charge in [-0.2, -0.15) is 0 Å². The Balaban J connectivity index is 2.27. The molecule has 3 rings (SSSR count). The lowest BCUT2D eigenvalue weighted by Crippen LogP contribution is -2.31. The summed E-state index contributed by atoms with van der Waals surface area (Å²) in [6.07, 6.45) is 0.345. The molecule has 0 aliphatic heterocycles. The molecule has 0 fully saturated rings. The van der Waals surface area contributed by atoms with E-state index in [2.05, 4.69) is 32.9 Å². The predicted molar refractivity (Wildman–Crippen MR) is 130 cm³/mol. The summed E-state index contributed by atoms with van der Waals surface area (Å²) in [6.45, 7) is 11.8. The van der Waals surface area contributed by atoms with Crippen LogP contribution in [0.15, 0.2) is 54.7 Å². The van der Waals surface area contributed by atoms with Crippen LogP contribution in [0.25, 0.3) is 22.4 Å².